The summed E-state index contributed by atoms with van der Waals surface area (Å²) in [7, 11) is 3.07. The monoisotopic (exact) mass is 261 g/mol. The second kappa shape index (κ2) is 5.78. The Morgan fingerprint density at radius 1 is 1.26 bits per heavy atom. The number of methoxy groups -OCH3 is 2. The lowest BCUT2D eigenvalue weighted by atomic mass is 9.94. The molecule has 2 rings (SSSR count). The Balaban J connectivity index is 2.13. The minimum Gasteiger partial charge on any atom is -0.497 e. The number of carbonyl (C=O) groups is 1. The van der Waals surface area contributed by atoms with Gasteiger partial charge in [-0.1, -0.05) is 12.1 Å². The van der Waals surface area contributed by atoms with Crippen LogP contribution in [0.2, 0.25) is 0 Å². The summed E-state index contributed by atoms with van der Waals surface area (Å²) < 4.78 is 9.93. The van der Waals surface area contributed by atoms with Gasteiger partial charge in [0.25, 0.3) is 0 Å². The van der Waals surface area contributed by atoms with Crippen molar-refractivity contribution in [3.05, 3.63) is 41.1 Å². The molecule has 0 aliphatic carbocycles. The normalized spacial score (nSPS) is 18.8. The summed E-state index contributed by atoms with van der Waals surface area (Å²) >= 11 is 0. The van der Waals surface area contributed by atoms with Gasteiger partial charge in [-0.25, -0.2) is 4.79 Å². The minimum absolute atomic E-state index is 0.235. The van der Waals surface area contributed by atoms with Gasteiger partial charge in [-0.05, 0) is 37.5 Å². The Morgan fingerprint density at radius 3 is 2.47 bits per heavy atom. The number of carbonyl (C=O) groups excluding carboxylic acids is 1. The molecule has 1 aliphatic rings. The van der Waals surface area contributed by atoms with Gasteiger partial charge in [0, 0.05) is 5.70 Å². The second-order valence-corrected chi connectivity index (χ2v) is 4.60. The van der Waals surface area contributed by atoms with Crippen molar-refractivity contribution in [3.8, 4) is 5.75 Å². The number of benzene rings is 1. The largest absolute Gasteiger partial charge is 0.497 e. The van der Waals surface area contributed by atoms with Gasteiger partial charge in [-0.2, -0.15) is 0 Å². The Labute approximate surface area is 113 Å². The highest BCUT2D eigenvalue weighted by Crippen LogP contribution is 2.29. The lowest BCUT2D eigenvalue weighted by molar-refractivity contribution is -0.136. The Hall–Kier alpha value is -1.97. The molecule has 4 nitrogen and oxygen atoms in total. The number of ether oxygens (including phenoxy) is 2. The molecule has 0 saturated heterocycles. The van der Waals surface area contributed by atoms with Gasteiger partial charge in [0.15, 0.2) is 0 Å². The maximum atomic E-state index is 11.6. The van der Waals surface area contributed by atoms with Crippen LogP contribution in [0.4, 0.5) is 0 Å². The fourth-order valence-electron chi connectivity index (χ4n) is 2.36. The number of allylic oxidation sites excluding steroid dienone is 1. The first-order valence-corrected chi connectivity index (χ1v) is 6.34. The standard InChI is InChI=1S/C15H19NO3/c1-10-13(15(17)19-3)8-9-14(16-10)11-4-6-12(18-2)7-5-11/h4-7,14,16H,8-9H2,1-3H3/t14-/m0/s1. The zero-order chi connectivity index (χ0) is 13.8. The Kier molecular flexibility index (Phi) is 4.10. The van der Waals surface area contributed by atoms with Crippen molar-refractivity contribution in [2.24, 2.45) is 0 Å². The van der Waals surface area contributed by atoms with Crippen molar-refractivity contribution in [2.45, 2.75) is 25.8 Å². The molecule has 102 valence electrons. The molecule has 1 atom stereocenters. The molecule has 1 heterocycles. The Morgan fingerprint density at radius 2 is 1.95 bits per heavy atom. The second-order valence-electron chi connectivity index (χ2n) is 4.60. The van der Waals surface area contributed by atoms with Crippen molar-refractivity contribution in [1.82, 2.24) is 5.32 Å². The lowest BCUT2D eigenvalue weighted by Crippen LogP contribution is -2.27. The SMILES string of the molecule is COC(=O)C1=C(C)N[C@H](c2ccc(OC)cc2)CC1. The lowest BCUT2D eigenvalue weighted by Gasteiger charge is -2.27. The van der Waals surface area contributed by atoms with Crippen LogP contribution in [0.25, 0.3) is 0 Å². The van der Waals surface area contributed by atoms with Gasteiger partial charge in [-0.15, -0.1) is 0 Å². The van der Waals surface area contributed by atoms with E-state index in [9.17, 15) is 4.79 Å². The van der Waals surface area contributed by atoms with Gasteiger partial charge in [0.2, 0.25) is 0 Å². The average molecular weight is 261 g/mol. The predicted molar refractivity (Wildman–Crippen MR) is 72.8 cm³/mol. The summed E-state index contributed by atoms with van der Waals surface area (Å²) in [6, 6.07) is 8.23. The van der Waals surface area contributed by atoms with Gasteiger partial charge < -0.3 is 14.8 Å². The van der Waals surface area contributed by atoms with Crippen molar-refractivity contribution >= 4 is 5.97 Å². The summed E-state index contributed by atoms with van der Waals surface area (Å²) in [4.78, 5) is 11.6. The van der Waals surface area contributed by atoms with E-state index in [4.69, 9.17) is 9.47 Å². The summed E-state index contributed by atoms with van der Waals surface area (Å²) in [5.74, 6) is 0.611. The van der Waals surface area contributed by atoms with E-state index >= 15 is 0 Å². The molecule has 1 aromatic rings. The van der Waals surface area contributed by atoms with Crippen LogP contribution in [0.15, 0.2) is 35.5 Å². The number of esters is 1. The number of rotatable bonds is 3. The molecular weight excluding hydrogens is 242 g/mol. The van der Waals surface area contributed by atoms with E-state index in [0.717, 1.165) is 29.9 Å². The summed E-state index contributed by atoms with van der Waals surface area (Å²) in [6.45, 7) is 1.92. The number of hydrogen-bond donors (Lipinski definition) is 1. The van der Waals surface area contributed by atoms with E-state index in [1.54, 1.807) is 7.11 Å². The molecular formula is C15H19NO3. The van der Waals surface area contributed by atoms with Crippen LogP contribution in [-0.4, -0.2) is 20.2 Å². The highest BCUT2D eigenvalue weighted by Gasteiger charge is 2.23. The summed E-state index contributed by atoms with van der Waals surface area (Å²) in [6.07, 6.45) is 1.62. The first kappa shape index (κ1) is 13.5. The Bertz CT molecular complexity index is 491. The third-order valence-corrected chi connectivity index (χ3v) is 3.48. The minimum atomic E-state index is -0.238. The van der Waals surface area contributed by atoms with Gasteiger partial charge in [-0.3, -0.25) is 0 Å². The van der Waals surface area contributed by atoms with E-state index in [0.29, 0.717) is 0 Å². The highest BCUT2D eigenvalue weighted by molar-refractivity contribution is 5.89. The van der Waals surface area contributed by atoms with Crippen LogP contribution >= 0.6 is 0 Å². The van der Waals surface area contributed by atoms with E-state index in [-0.39, 0.29) is 12.0 Å². The van der Waals surface area contributed by atoms with Crippen molar-refractivity contribution in [3.63, 3.8) is 0 Å². The van der Waals surface area contributed by atoms with E-state index in [1.807, 2.05) is 31.2 Å². The first-order valence-electron chi connectivity index (χ1n) is 6.34. The highest BCUT2D eigenvalue weighted by atomic mass is 16.5. The summed E-state index contributed by atoms with van der Waals surface area (Å²) in [5.41, 5.74) is 2.84. The van der Waals surface area contributed by atoms with Crippen LogP contribution in [0.1, 0.15) is 31.4 Å². The molecule has 0 bridgehead atoms. The maximum absolute atomic E-state index is 11.6. The molecule has 0 saturated carbocycles. The molecule has 0 spiro atoms. The predicted octanol–water partition coefficient (Wildman–Crippen LogP) is 2.57. The third-order valence-electron chi connectivity index (χ3n) is 3.48. The van der Waals surface area contributed by atoms with Crippen LogP contribution in [0.5, 0.6) is 5.75 Å². The molecule has 1 N–H and O–H groups in total. The third kappa shape index (κ3) is 2.89. The fourth-order valence-corrected chi connectivity index (χ4v) is 2.36. The fraction of sp³-hybridized carbons (Fsp3) is 0.400. The van der Waals surface area contributed by atoms with Crippen LogP contribution in [0, 0.1) is 0 Å². The quantitative estimate of drug-likeness (QED) is 0.849. The first-order chi connectivity index (χ1) is 9.15. The van der Waals surface area contributed by atoms with E-state index in [2.05, 4.69) is 5.32 Å². The summed E-state index contributed by atoms with van der Waals surface area (Å²) in [5, 5.41) is 3.37. The average Bonchev–Trinajstić information content (AvgIpc) is 2.46. The van der Waals surface area contributed by atoms with Crippen LogP contribution in [0.3, 0.4) is 0 Å². The van der Waals surface area contributed by atoms with Crippen LogP contribution in [-0.2, 0) is 9.53 Å². The van der Waals surface area contributed by atoms with Gasteiger partial charge in [0.05, 0.1) is 25.8 Å². The zero-order valence-corrected chi connectivity index (χ0v) is 11.5. The van der Waals surface area contributed by atoms with E-state index < -0.39 is 0 Å². The van der Waals surface area contributed by atoms with Crippen LogP contribution < -0.4 is 10.1 Å². The number of nitrogens with one attached hydrogen (secondary N) is 1. The molecule has 0 radical (unpaired) electrons. The molecule has 4 heteroatoms. The van der Waals surface area contributed by atoms with Crippen molar-refractivity contribution in [2.75, 3.05) is 14.2 Å². The topological polar surface area (TPSA) is 47.6 Å². The zero-order valence-electron chi connectivity index (χ0n) is 11.5. The van der Waals surface area contributed by atoms with Gasteiger partial charge in [0.1, 0.15) is 5.75 Å². The van der Waals surface area contributed by atoms with E-state index in [1.165, 1.54) is 12.7 Å². The van der Waals surface area contributed by atoms with Crippen molar-refractivity contribution < 1.29 is 14.3 Å². The molecule has 0 unspecified atom stereocenters. The molecule has 1 aliphatic heterocycles. The molecule has 1 aromatic carbocycles. The van der Waals surface area contributed by atoms with Gasteiger partial charge >= 0.3 is 5.97 Å². The molecule has 0 fully saturated rings. The smallest absolute Gasteiger partial charge is 0.335 e. The molecule has 0 aromatic heterocycles. The molecule has 19 heavy (non-hydrogen) atoms. The number of hydrogen-bond acceptors (Lipinski definition) is 4. The molecule has 0 amide bonds. The maximum Gasteiger partial charge on any atom is 0.335 e. The van der Waals surface area contributed by atoms with Crippen molar-refractivity contribution in [1.29, 1.82) is 0 Å².